The van der Waals surface area contributed by atoms with Crippen molar-refractivity contribution in [1.29, 1.82) is 0 Å². The van der Waals surface area contributed by atoms with Crippen molar-refractivity contribution < 1.29 is 18.9 Å². The van der Waals surface area contributed by atoms with Crippen molar-refractivity contribution in [2.45, 2.75) is 64.4 Å². The molecule has 4 nitrogen and oxygen atoms in total. The van der Waals surface area contributed by atoms with E-state index in [4.69, 9.17) is 18.9 Å². The molecular weight excluding hydrogens is 268 g/mol. The van der Waals surface area contributed by atoms with Gasteiger partial charge in [0.05, 0.1) is 37.1 Å². The molecule has 1 heterocycles. The van der Waals surface area contributed by atoms with Crippen LogP contribution in [0.5, 0.6) is 0 Å². The lowest BCUT2D eigenvalue weighted by Crippen LogP contribution is -2.54. The van der Waals surface area contributed by atoms with Crippen molar-refractivity contribution in [2.24, 2.45) is 5.92 Å². The highest BCUT2D eigenvalue weighted by Crippen LogP contribution is 2.49. The summed E-state index contributed by atoms with van der Waals surface area (Å²) >= 11 is 0. The van der Waals surface area contributed by atoms with Crippen LogP contribution >= 0.6 is 0 Å². The van der Waals surface area contributed by atoms with Crippen LogP contribution in [0.1, 0.15) is 40.5 Å². The van der Waals surface area contributed by atoms with Gasteiger partial charge in [0.15, 0.2) is 0 Å². The summed E-state index contributed by atoms with van der Waals surface area (Å²) in [6, 6.07) is 0. The Morgan fingerprint density at radius 2 is 2.14 bits per heavy atom. The van der Waals surface area contributed by atoms with Gasteiger partial charge in [0.25, 0.3) is 0 Å². The molecule has 2 fully saturated rings. The van der Waals surface area contributed by atoms with E-state index in [0.717, 1.165) is 26.1 Å². The minimum atomic E-state index is -0.0430. The van der Waals surface area contributed by atoms with Crippen molar-refractivity contribution in [1.82, 2.24) is 0 Å². The van der Waals surface area contributed by atoms with E-state index in [-0.39, 0.29) is 29.8 Å². The van der Waals surface area contributed by atoms with Gasteiger partial charge in [-0.05, 0) is 40.5 Å². The maximum Gasteiger partial charge on any atom is 0.0996 e. The van der Waals surface area contributed by atoms with E-state index in [2.05, 4.69) is 26.8 Å². The molecule has 3 unspecified atom stereocenters. The summed E-state index contributed by atoms with van der Waals surface area (Å²) in [6.45, 7) is 10.5. The third kappa shape index (κ3) is 3.86. The highest BCUT2D eigenvalue weighted by molar-refractivity contribution is 5.09. The molecule has 1 aliphatic heterocycles. The topological polar surface area (TPSA) is 40.2 Å². The van der Waals surface area contributed by atoms with E-state index in [1.165, 1.54) is 5.57 Å². The van der Waals surface area contributed by atoms with Crippen LogP contribution in [0.4, 0.5) is 0 Å². The summed E-state index contributed by atoms with van der Waals surface area (Å²) in [4.78, 5) is 0. The first-order valence-electron chi connectivity index (χ1n) is 8.07. The molecule has 0 aromatic carbocycles. The van der Waals surface area contributed by atoms with Crippen LogP contribution in [-0.4, -0.2) is 50.8 Å². The molecule has 0 amide bonds. The molecule has 2 rings (SSSR count). The molecule has 0 aromatic rings. The van der Waals surface area contributed by atoms with Gasteiger partial charge in [-0.1, -0.05) is 11.6 Å². The Labute approximate surface area is 128 Å². The molecule has 5 atom stereocenters. The van der Waals surface area contributed by atoms with E-state index in [0.29, 0.717) is 6.61 Å². The van der Waals surface area contributed by atoms with E-state index in [1.54, 1.807) is 7.11 Å². The summed E-state index contributed by atoms with van der Waals surface area (Å²) in [5, 5.41) is 0. The van der Waals surface area contributed by atoms with Crippen LogP contribution in [0, 0.1) is 5.92 Å². The average Bonchev–Trinajstić information content (AvgIpc) is 3.20. The molecule has 1 spiro atoms. The van der Waals surface area contributed by atoms with Crippen LogP contribution in [0.15, 0.2) is 11.6 Å². The highest BCUT2D eigenvalue weighted by Gasteiger charge is 2.60. The maximum absolute atomic E-state index is 6.03. The monoisotopic (exact) mass is 298 g/mol. The zero-order valence-corrected chi connectivity index (χ0v) is 14.1. The van der Waals surface area contributed by atoms with E-state index in [1.807, 2.05) is 6.92 Å². The van der Waals surface area contributed by atoms with Crippen molar-refractivity contribution in [3.63, 3.8) is 0 Å². The SMILES string of the molecule is CCOC1CC[C@]2(CO2)C([C@H](C)OCC=C(C)C)C1OC. The highest BCUT2D eigenvalue weighted by atomic mass is 16.6. The Hall–Kier alpha value is -0.420. The minimum absolute atomic E-state index is 0.0430. The van der Waals surface area contributed by atoms with Gasteiger partial charge < -0.3 is 18.9 Å². The van der Waals surface area contributed by atoms with Crippen molar-refractivity contribution in [2.75, 3.05) is 26.9 Å². The Morgan fingerprint density at radius 1 is 1.43 bits per heavy atom. The molecule has 122 valence electrons. The molecule has 0 N–H and O–H groups in total. The predicted octanol–water partition coefficient (Wildman–Crippen LogP) is 2.96. The predicted molar refractivity (Wildman–Crippen MR) is 82.5 cm³/mol. The molecule has 1 saturated carbocycles. The maximum atomic E-state index is 6.03. The molecule has 2 aliphatic rings. The molecule has 21 heavy (non-hydrogen) atoms. The first-order chi connectivity index (χ1) is 10.0. The third-order valence-electron chi connectivity index (χ3n) is 4.70. The van der Waals surface area contributed by atoms with Crippen LogP contribution in [0.3, 0.4) is 0 Å². The summed E-state index contributed by atoms with van der Waals surface area (Å²) in [7, 11) is 1.77. The summed E-state index contributed by atoms with van der Waals surface area (Å²) < 4.78 is 23.5. The van der Waals surface area contributed by atoms with Crippen LogP contribution < -0.4 is 0 Å². The number of hydrogen-bond donors (Lipinski definition) is 0. The Bertz CT molecular complexity index is 358. The van der Waals surface area contributed by atoms with E-state index < -0.39 is 0 Å². The Kier molecular flexibility index (Phi) is 5.83. The second-order valence-electron chi connectivity index (χ2n) is 6.43. The number of hydrogen-bond acceptors (Lipinski definition) is 4. The standard InChI is InChI=1S/C17H30O4/c1-6-19-14-7-9-17(11-21-17)15(16(14)18-5)13(4)20-10-8-12(2)3/h8,13-16H,6-7,9-11H2,1-5H3/t13-,14?,15?,16?,17-/m0/s1. The zero-order valence-electron chi connectivity index (χ0n) is 14.1. The van der Waals surface area contributed by atoms with Crippen LogP contribution in [-0.2, 0) is 18.9 Å². The van der Waals surface area contributed by atoms with Crippen molar-refractivity contribution in [3.8, 4) is 0 Å². The fraction of sp³-hybridized carbons (Fsp3) is 0.882. The van der Waals surface area contributed by atoms with Crippen molar-refractivity contribution in [3.05, 3.63) is 11.6 Å². The Balaban J connectivity index is 2.05. The Morgan fingerprint density at radius 3 is 2.67 bits per heavy atom. The fourth-order valence-electron chi connectivity index (χ4n) is 3.53. The second-order valence-corrected chi connectivity index (χ2v) is 6.43. The number of methoxy groups -OCH3 is 1. The molecule has 0 bridgehead atoms. The van der Waals surface area contributed by atoms with Gasteiger partial charge in [0.1, 0.15) is 0 Å². The zero-order chi connectivity index (χ0) is 15.5. The molecule has 4 heteroatoms. The average molecular weight is 298 g/mol. The van der Waals surface area contributed by atoms with Crippen molar-refractivity contribution >= 4 is 0 Å². The number of rotatable bonds is 7. The number of epoxide rings is 1. The second kappa shape index (κ2) is 7.23. The molecular formula is C17H30O4. The van der Waals surface area contributed by atoms with Gasteiger partial charge in [-0.3, -0.25) is 0 Å². The van der Waals surface area contributed by atoms with Crippen LogP contribution in [0.25, 0.3) is 0 Å². The molecule has 0 aromatic heterocycles. The lowest BCUT2D eigenvalue weighted by atomic mass is 9.73. The quantitative estimate of drug-likeness (QED) is 0.535. The summed E-state index contributed by atoms with van der Waals surface area (Å²) in [5.41, 5.74) is 1.23. The fourth-order valence-corrected chi connectivity index (χ4v) is 3.53. The number of ether oxygens (including phenoxy) is 4. The lowest BCUT2D eigenvalue weighted by molar-refractivity contribution is -0.152. The normalized spacial score (nSPS) is 36.5. The summed E-state index contributed by atoms with van der Waals surface area (Å²) in [6.07, 6.45) is 4.44. The van der Waals surface area contributed by atoms with E-state index >= 15 is 0 Å². The van der Waals surface area contributed by atoms with Gasteiger partial charge in [-0.2, -0.15) is 0 Å². The largest absolute Gasteiger partial charge is 0.378 e. The smallest absolute Gasteiger partial charge is 0.0996 e. The molecule has 1 aliphatic carbocycles. The first-order valence-corrected chi connectivity index (χ1v) is 8.07. The van der Waals surface area contributed by atoms with Gasteiger partial charge >= 0.3 is 0 Å². The van der Waals surface area contributed by atoms with Crippen LogP contribution in [0.2, 0.25) is 0 Å². The summed E-state index contributed by atoms with van der Waals surface area (Å²) in [5.74, 6) is 0.235. The molecule has 0 radical (unpaired) electrons. The molecule has 1 saturated heterocycles. The minimum Gasteiger partial charge on any atom is -0.378 e. The number of allylic oxidation sites excluding steroid dienone is 1. The van der Waals surface area contributed by atoms with E-state index in [9.17, 15) is 0 Å². The van der Waals surface area contributed by atoms with Gasteiger partial charge in [-0.25, -0.2) is 0 Å². The van der Waals surface area contributed by atoms with Gasteiger partial charge in [-0.15, -0.1) is 0 Å². The van der Waals surface area contributed by atoms with Gasteiger partial charge in [0.2, 0.25) is 0 Å². The first kappa shape index (κ1) is 16.9. The third-order valence-corrected chi connectivity index (χ3v) is 4.70. The van der Waals surface area contributed by atoms with Gasteiger partial charge in [0, 0.05) is 19.6 Å². The lowest BCUT2D eigenvalue weighted by Gasteiger charge is -2.43.